The molecule has 1 heterocycles. The van der Waals surface area contributed by atoms with E-state index < -0.39 is 16.7 Å². The van der Waals surface area contributed by atoms with Gasteiger partial charge in [-0.3, -0.25) is 0 Å². The molecule has 16 heavy (non-hydrogen) atoms. The Morgan fingerprint density at radius 3 is 2.25 bits per heavy atom. The Hall–Kier alpha value is -0.560. The first-order valence-electron chi connectivity index (χ1n) is 4.46. The zero-order valence-electron chi connectivity index (χ0n) is 8.89. The van der Waals surface area contributed by atoms with Gasteiger partial charge in [0.25, 0.3) is 0 Å². The van der Waals surface area contributed by atoms with Crippen molar-refractivity contribution < 1.29 is 13.2 Å². The second kappa shape index (κ2) is 4.37. The number of aromatic nitrogens is 2. The van der Waals surface area contributed by atoms with E-state index in [0.29, 0.717) is 11.3 Å². The van der Waals surface area contributed by atoms with Crippen molar-refractivity contribution in [3.05, 3.63) is 5.01 Å². The van der Waals surface area contributed by atoms with Crippen molar-refractivity contribution in [3.8, 4) is 0 Å². The molecular weight excluding hydrogens is 263 g/mol. The first kappa shape index (κ1) is 13.5. The molecule has 0 radical (unpaired) electrons. The van der Waals surface area contributed by atoms with Crippen LogP contribution in [0.5, 0.6) is 0 Å². The van der Waals surface area contributed by atoms with Gasteiger partial charge in [0.05, 0.1) is 10.9 Å². The van der Waals surface area contributed by atoms with Crippen molar-refractivity contribution >= 4 is 28.1 Å². The molecule has 1 N–H and O–H groups in total. The third-order valence-corrected chi connectivity index (χ3v) is 3.52. The summed E-state index contributed by atoms with van der Waals surface area (Å²) >= 11 is 6.35. The molecule has 92 valence electrons. The van der Waals surface area contributed by atoms with E-state index in [4.69, 9.17) is 11.6 Å². The van der Waals surface area contributed by atoms with Crippen LogP contribution in [0, 0.1) is 0 Å². The minimum atomic E-state index is -4.45. The van der Waals surface area contributed by atoms with Gasteiger partial charge < -0.3 is 5.32 Å². The minimum absolute atomic E-state index is 0.116. The van der Waals surface area contributed by atoms with Crippen LogP contribution in [0.2, 0.25) is 0 Å². The number of hydrogen-bond acceptors (Lipinski definition) is 4. The third kappa shape index (κ3) is 3.21. The molecule has 0 fully saturated rings. The zero-order chi connectivity index (χ0) is 12.6. The summed E-state index contributed by atoms with van der Waals surface area (Å²) in [6.45, 7) is 5.30. The van der Waals surface area contributed by atoms with E-state index in [1.807, 2.05) is 0 Å². The van der Waals surface area contributed by atoms with Crippen LogP contribution in [0.25, 0.3) is 0 Å². The highest BCUT2D eigenvalue weighted by molar-refractivity contribution is 7.15. The largest absolute Gasteiger partial charge is 0.445 e. The van der Waals surface area contributed by atoms with Crippen LogP contribution in [0.1, 0.15) is 25.8 Å². The highest BCUT2D eigenvalue weighted by atomic mass is 35.5. The molecule has 0 aromatic carbocycles. The summed E-state index contributed by atoms with van der Waals surface area (Å²) in [5, 5.41) is 8.21. The molecule has 0 saturated carbocycles. The Morgan fingerprint density at radius 2 is 1.88 bits per heavy atom. The summed E-state index contributed by atoms with van der Waals surface area (Å²) in [6.07, 6.45) is -4.45. The standard InChI is InChI=1S/C8H11ClF3N3S/c1-4(9)7(2,3)13-6-15-14-5(16-6)8(10,11)12/h4H,1-3H3,(H,13,15). The lowest BCUT2D eigenvalue weighted by Gasteiger charge is -2.28. The third-order valence-electron chi connectivity index (χ3n) is 2.09. The highest BCUT2D eigenvalue weighted by Gasteiger charge is 2.36. The average molecular weight is 274 g/mol. The normalized spacial score (nSPS) is 14.9. The molecule has 0 aliphatic rings. The predicted octanol–water partition coefficient (Wildman–Crippen LogP) is 3.37. The van der Waals surface area contributed by atoms with Crippen molar-refractivity contribution in [3.63, 3.8) is 0 Å². The lowest BCUT2D eigenvalue weighted by atomic mass is 10.0. The minimum Gasteiger partial charge on any atom is -0.354 e. The average Bonchev–Trinajstić information content (AvgIpc) is 2.50. The fraction of sp³-hybridized carbons (Fsp3) is 0.750. The Morgan fingerprint density at radius 1 is 1.31 bits per heavy atom. The van der Waals surface area contributed by atoms with Gasteiger partial charge in [0.15, 0.2) is 0 Å². The number of anilines is 1. The first-order chi connectivity index (χ1) is 7.13. The van der Waals surface area contributed by atoms with Crippen molar-refractivity contribution in [2.45, 2.75) is 37.9 Å². The smallest absolute Gasteiger partial charge is 0.354 e. The van der Waals surface area contributed by atoms with Gasteiger partial charge in [0, 0.05) is 0 Å². The van der Waals surface area contributed by atoms with E-state index >= 15 is 0 Å². The number of nitrogens with one attached hydrogen (secondary N) is 1. The summed E-state index contributed by atoms with van der Waals surface area (Å²) in [5.74, 6) is 0. The Labute approximate surface area is 100 Å². The summed E-state index contributed by atoms with van der Waals surface area (Å²) < 4.78 is 36.7. The Bertz CT molecular complexity index is 362. The maximum absolute atomic E-state index is 12.2. The fourth-order valence-electron chi connectivity index (χ4n) is 0.763. The highest BCUT2D eigenvalue weighted by Crippen LogP contribution is 2.34. The van der Waals surface area contributed by atoms with Gasteiger partial charge >= 0.3 is 6.18 Å². The van der Waals surface area contributed by atoms with Gasteiger partial charge in [-0.15, -0.1) is 21.8 Å². The van der Waals surface area contributed by atoms with Crippen molar-refractivity contribution in [1.29, 1.82) is 0 Å². The molecule has 8 heteroatoms. The number of rotatable bonds is 3. The Balaban J connectivity index is 2.81. The van der Waals surface area contributed by atoms with Crippen molar-refractivity contribution in [2.75, 3.05) is 5.32 Å². The van der Waals surface area contributed by atoms with Crippen LogP contribution in [0.4, 0.5) is 18.3 Å². The molecule has 1 unspecified atom stereocenters. The summed E-state index contributed by atoms with van der Waals surface area (Å²) in [5.41, 5.74) is -0.552. The molecule has 1 rings (SSSR count). The number of halogens is 4. The monoisotopic (exact) mass is 273 g/mol. The molecule has 0 amide bonds. The molecule has 3 nitrogen and oxygen atoms in total. The van der Waals surface area contributed by atoms with Crippen LogP contribution in [-0.4, -0.2) is 21.1 Å². The number of hydrogen-bond donors (Lipinski definition) is 1. The van der Waals surface area contributed by atoms with Gasteiger partial charge in [-0.1, -0.05) is 11.3 Å². The SMILES string of the molecule is CC(Cl)C(C)(C)Nc1nnc(C(F)(F)F)s1. The second-order valence-corrected chi connectivity index (χ2v) is 5.50. The van der Waals surface area contributed by atoms with E-state index in [1.54, 1.807) is 20.8 Å². The summed E-state index contributed by atoms with van der Waals surface area (Å²) in [4.78, 5) is 0. The first-order valence-corrected chi connectivity index (χ1v) is 5.71. The van der Waals surface area contributed by atoms with E-state index in [9.17, 15) is 13.2 Å². The summed E-state index contributed by atoms with van der Waals surface area (Å²) in [6, 6.07) is 0. The lowest BCUT2D eigenvalue weighted by molar-refractivity contribution is -0.138. The van der Waals surface area contributed by atoms with Crippen LogP contribution >= 0.6 is 22.9 Å². The fourth-order valence-corrected chi connectivity index (χ4v) is 1.59. The van der Waals surface area contributed by atoms with Crippen LogP contribution in [-0.2, 0) is 6.18 Å². The van der Waals surface area contributed by atoms with Crippen LogP contribution in [0.3, 0.4) is 0 Å². The van der Waals surface area contributed by atoms with Crippen molar-refractivity contribution in [1.82, 2.24) is 10.2 Å². The van der Waals surface area contributed by atoms with Crippen LogP contribution in [0.15, 0.2) is 0 Å². The van der Waals surface area contributed by atoms with E-state index in [2.05, 4.69) is 15.5 Å². The molecule has 0 aliphatic heterocycles. The second-order valence-electron chi connectivity index (χ2n) is 3.87. The van der Waals surface area contributed by atoms with Gasteiger partial charge in [-0.05, 0) is 20.8 Å². The molecule has 1 aromatic heterocycles. The molecule has 1 atom stereocenters. The van der Waals surface area contributed by atoms with Gasteiger partial charge in [0.1, 0.15) is 0 Å². The van der Waals surface area contributed by atoms with E-state index in [-0.39, 0.29) is 10.5 Å². The molecule has 0 saturated heterocycles. The topological polar surface area (TPSA) is 37.8 Å². The number of alkyl halides is 4. The maximum atomic E-state index is 12.2. The van der Waals surface area contributed by atoms with E-state index in [1.165, 1.54) is 0 Å². The molecular formula is C8H11ClF3N3S. The summed E-state index contributed by atoms with van der Waals surface area (Å²) in [7, 11) is 0. The quantitative estimate of drug-likeness (QED) is 0.858. The maximum Gasteiger partial charge on any atom is 0.445 e. The molecule has 0 spiro atoms. The van der Waals surface area contributed by atoms with Gasteiger partial charge in [-0.2, -0.15) is 13.2 Å². The van der Waals surface area contributed by atoms with Gasteiger partial charge in [0.2, 0.25) is 10.1 Å². The van der Waals surface area contributed by atoms with Gasteiger partial charge in [-0.25, -0.2) is 0 Å². The van der Waals surface area contributed by atoms with Crippen molar-refractivity contribution in [2.24, 2.45) is 0 Å². The predicted molar refractivity (Wildman–Crippen MR) is 57.9 cm³/mol. The Kier molecular flexibility index (Phi) is 3.69. The molecule has 0 bridgehead atoms. The zero-order valence-corrected chi connectivity index (χ0v) is 10.5. The molecule has 1 aromatic rings. The number of nitrogens with zero attached hydrogens (tertiary/aromatic N) is 2. The van der Waals surface area contributed by atoms with E-state index in [0.717, 1.165) is 0 Å². The lowest BCUT2D eigenvalue weighted by Crippen LogP contribution is -2.38. The molecule has 0 aliphatic carbocycles. The van der Waals surface area contributed by atoms with Crippen LogP contribution < -0.4 is 5.32 Å².